The highest BCUT2D eigenvalue weighted by atomic mass is 16.3. The summed E-state index contributed by atoms with van der Waals surface area (Å²) in [6, 6.07) is 9.23. The molecule has 0 saturated carbocycles. The normalized spacial score (nSPS) is 11.6. The molecular formula is C9H14N2O. The zero-order chi connectivity index (χ0) is 9.03. The molecule has 0 unspecified atom stereocenters. The van der Waals surface area contributed by atoms with Crippen molar-refractivity contribution >= 4 is 0 Å². The summed E-state index contributed by atoms with van der Waals surface area (Å²) >= 11 is 0. The predicted octanol–water partition coefficient (Wildman–Crippen LogP) is -0.208. The highest BCUT2D eigenvalue weighted by Gasteiger charge is 2.24. The SMILES string of the molecule is NCC(O)(CN)c1ccccc1. The minimum absolute atomic E-state index is 0.146. The van der Waals surface area contributed by atoms with Crippen molar-refractivity contribution < 1.29 is 5.11 Å². The van der Waals surface area contributed by atoms with Crippen LogP contribution in [-0.2, 0) is 5.60 Å². The summed E-state index contributed by atoms with van der Waals surface area (Å²) < 4.78 is 0. The Bertz CT molecular complexity index is 232. The second-order valence-electron chi connectivity index (χ2n) is 2.81. The molecule has 12 heavy (non-hydrogen) atoms. The van der Waals surface area contributed by atoms with E-state index in [4.69, 9.17) is 11.5 Å². The molecule has 5 N–H and O–H groups in total. The first-order valence-corrected chi connectivity index (χ1v) is 3.91. The smallest absolute Gasteiger partial charge is 0.114 e. The van der Waals surface area contributed by atoms with E-state index in [0.29, 0.717) is 0 Å². The Kier molecular flexibility index (Phi) is 2.81. The van der Waals surface area contributed by atoms with Crippen LogP contribution in [0.1, 0.15) is 5.56 Å². The number of hydrogen-bond donors (Lipinski definition) is 3. The highest BCUT2D eigenvalue weighted by Crippen LogP contribution is 2.17. The van der Waals surface area contributed by atoms with Gasteiger partial charge in [0.25, 0.3) is 0 Å². The molecule has 1 rings (SSSR count). The lowest BCUT2D eigenvalue weighted by molar-refractivity contribution is 0.0554. The maximum atomic E-state index is 9.85. The Labute approximate surface area is 72.0 Å². The summed E-state index contributed by atoms with van der Waals surface area (Å²) in [7, 11) is 0. The monoisotopic (exact) mass is 166 g/mol. The van der Waals surface area contributed by atoms with E-state index in [0.717, 1.165) is 5.56 Å². The Hall–Kier alpha value is -0.900. The second kappa shape index (κ2) is 3.67. The van der Waals surface area contributed by atoms with Crippen molar-refractivity contribution in [2.75, 3.05) is 13.1 Å². The molecule has 0 bridgehead atoms. The summed E-state index contributed by atoms with van der Waals surface area (Å²) in [5.74, 6) is 0. The molecule has 66 valence electrons. The number of benzene rings is 1. The van der Waals surface area contributed by atoms with Crippen LogP contribution < -0.4 is 11.5 Å². The minimum atomic E-state index is -1.07. The molecular weight excluding hydrogens is 152 g/mol. The molecule has 0 fully saturated rings. The molecule has 0 amide bonds. The molecule has 0 atom stereocenters. The van der Waals surface area contributed by atoms with E-state index in [1.165, 1.54) is 0 Å². The van der Waals surface area contributed by atoms with Crippen LogP contribution in [0.2, 0.25) is 0 Å². The lowest BCUT2D eigenvalue weighted by Crippen LogP contribution is -2.41. The molecule has 0 aliphatic heterocycles. The van der Waals surface area contributed by atoms with Crippen molar-refractivity contribution in [3.8, 4) is 0 Å². The lowest BCUT2D eigenvalue weighted by Gasteiger charge is -2.24. The fourth-order valence-corrected chi connectivity index (χ4v) is 1.07. The maximum absolute atomic E-state index is 9.85. The molecule has 0 spiro atoms. The van der Waals surface area contributed by atoms with Gasteiger partial charge in [-0.3, -0.25) is 0 Å². The molecule has 0 aliphatic carbocycles. The van der Waals surface area contributed by atoms with Gasteiger partial charge >= 0.3 is 0 Å². The van der Waals surface area contributed by atoms with E-state index in [1.807, 2.05) is 30.3 Å². The van der Waals surface area contributed by atoms with Crippen LogP contribution in [0.15, 0.2) is 30.3 Å². The van der Waals surface area contributed by atoms with Crippen molar-refractivity contribution in [3.63, 3.8) is 0 Å². The number of nitrogens with two attached hydrogens (primary N) is 2. The van der Waals surface area contributed by atoms with Gasteiger partial charge in [0.15, 0.2) is 0 Å². The van der Waals surface area contributed by atoms with E-state index in [-0.39, 0.29) is 13.1 Å². The quantitative estimate of drug-likeness (QED) is 0.582. The minimum Gasteiger partial charge on any atom is -0.383 e. The van der Waals surface area contributed by atoms with Crippen LogP contribution in [-0.4, -0.2) is 18.2 Å². The summed E-state index contributed by atoms with van der Waals surface area (Å²) in [4.78, 5) is 0. The van der Waals surface area contributed by atoms with Gasteiger partial charge in [-0.25, -0.2) is 0 Å². The lowest BCUT2D eigenvalue weighted by atomic mass is 9.94. The molecule has 3 nitrogen and oxygen atoms in total. The zero-order valence-corrected chi connectivity index (χ0v) is 6.90. The van der Waals surface area contributed by atoms with Crippen molar-refractivity contribution in [2.24, 2.45) is 11.5 Å². The van der Waals surface area contributed by atoms with Crippen molar-refractivity contribution in [1.82, 2.24) is 0 Å². The van der Waals surface area contributed by atoms with Gasteiger partial charge in [-0.05, 0) is 5.56 Å². The van der Waals surface area contributed by atoms with Gasteiger partial charge in [-0.2, -0.15) is 0 Å². The fourth-order valence-electron chi connectivity index (χ4n) is 1.07. The van der Waals surface area contributed by atoms with Crippen LogP contribution in [0.3, 0.4) is 0 Å². The van der Waals surface area contributed by atoms with Gasteiger partial charge < -0.3 is 16.6 Å². The number of rotatable bonds is 3. The van der Waals surface area contributed by atoms with Crippen LogP contribution in [0.5, 0.6) is 0 Å². The first-order chi connectivity index (χ1) is 5.73. The molecule has 1 aromatic carbocycles. The average Bonchev–Trinajstić information content (AvgIpc) is 2.18. The average molecular weight is 166 g/mol. The largest absolute Gasteiger partial charge is 0.383 e. The Morgan fingerprint density at radius 3 is 2.00 bits per heavy atom. The van der Waals surface area contributed by atoms with Crippen molar-refractivity contribution in [2.45, 2.75) is 5.60 Å². The standard InChI is InChI=1S/C9H14N2O/c10-6-9(12,7-11)8-4-2-1-3-5-8/h1-5,12H,6-7,10-11H2. The maximum Gasteiger partial charge on any atom is 0.114 e. The van der Waals surface area contributed by atoms with Gasteiger partial charge in [0.05, 0.1) is 0 Å². The Morgan fingerprint density at radius 1 is 1.08 bits per heavy atom. The fraction of sp³-hybridized carbons (Fsp3) is 0.333. The van der Waals surface area contributed by atoms with E-state index < -0.39 is 5.60 Å². The molecule has 0 aliphatic rings. The summed E-state index contributed by atoms with van der Waals surface area (Å²) in [5.41, 5.74) is 10.5. The molecule has 1 aromatic rings. The van der Waals surface area contributed by atoms with E-state index in [9.17, 15) is 5.11 Å². The van der Waals surface area contributed by atoms with Gasteiger partial charge in [0.2, 0.25) is 0 Å². The number of hydrogen-bond acceptors (Lipinski definition) is 3. The van der Waals surface area contributed by atoms with E-state index >= 15 is 0 Å². The highest BCUT2D eigenvalue weighted by molar-refractivity contribution is 5.22. The van der Waals surface area contributed by atoms with Crippen LogP contribution in [0.4, 0.5) is 0 Å². The molecule has 0 heterocycles. The van der Waals surface area contributed by atoms with Crippen LogP contribution in [0, 0.1) is 0 Å². The summed E-state index contributed by atoms with van der Waals surface area (Å²) in [6.07, 6.45) is 0. The van der Waals surface area contributed by atoms with Gasteiger partial charge in [-0.1, -0.05) is 30.3 Å². The second-order valence-corrected chi connectivity index (χ2v) is 2.81. The summed E-state index contributed by atoms with van der Waals surface area (Å²) in [6.45, 7) is 0.293. The summed E-state index contributed by atoms with van der Waals surface area (Å²) in [5, 5.41) is 9.85. The van der Waals surface area contributed by atoms with Crippen molar-refractivity contribution in [3.05, 3.63) is 35.9 Å². The first-order valence-electron chi connectivity index (χ1n) is 3.91. The topological polar surface area (TPSA) is 72.3 Å². The predicted molar refractivity (Wildman–Crippen MR) is 48.4 cm³/mol. The van der Waals surface area contributed by atoms with Crippen molar-refractivity contribution in [1.29, 1.82) is 0 Å². The van der Waals surface area contributed by atoms with Crippen LogP contribution >= 0.6 is 0 Å². The third-order valence-corrected chi connectivity index (χ3v) is 1.99. The Morgan fingerprint density at radius 2 is 1.58 bits per heavy atom. The van der Waals surface area contributed by atoms with Gasteiger partial charge in [-0.15, -0.1) is 0 Å². The first kappa shape index (κ1) is 9.19. The van der Waals surface area contributed by atoms with Gasteiger partial charge in [0, 0.05) is 13.1 Å². The number of aliphatic hydroxyl groups is 1. The zero-order valence-electron chi connectivity index (χ0n) is 6.90. The van der Waals surface area contributed by atoms with E-state index in [1.54, 1.807) is 0 Å². The third kappa shape index (κ3) is 1.64. The Balaban J connectivity index is 2.95. The molecule has 0 saturated heterocycles. The molecule has 0 radical (unpaired) electrons. The van der Waals surface area contributed by atoms with Gasteiger partial charge in [0.1, 0.15) is 5.60 Å². The van der Waals surface area contributed by atoms with Crippen LogP contribution in [0.25, 0.3) is 0 Å². The third-order valence-electron chi connectivity index (χ3n) is 1.99. The molecule has 0 aromatic heterocycles. The van der Waals surface area contributed by atoms with E-state index in [2.05, 4.69) is 0 Å². The molecule has 3 heteroatoms.